The fraction of sp³-hybridized carbons (Fsp3) is 0.250. The molecular weight excluding hydrogens is 244 g/mol. The summed E-state index contributed by atoms with van der Waals surface area (Å²) in [6.07, 6.45) is 1.06. The second kappa shape index (κ2) is 6.43. The molecule has 19 heavy (non-hydrogen) atoms. The summed E-state index contributed by atoms with van der Waals surface area (Å²) in [5.74, 6) is -1.63. The van der Waals surface area contributed by atoms with Crippen molar-refractivity contribution in [2.45, 2.75) is 19.9 Å². The van der Waals surface area contributed by atoms with Crippen molar-refractivity contribution in [1.29, 1.82) is 0 Å². The predicted octanol–water partition coefficient (Wildman–Crippen LogP) is 4.13. The number of rotatable bonds is 5. The SMILES string of the molecule is CCCNCc1ccccc1-c1ccc(F)c(F)c1. The largest absolute Gasteiger partial charge is 0.313 e. The van der Waals surface area contributed by atoms with Crippen LogP contribution in [-0.4, -0.2) is 6.54 Å². The molecule has 0 bridgehead atoms. The maximum absolute atomic E-state index is 13.3. The molecule has 0 fully saturated rings. The van der Waals surface area contributed by atoms with Crippen LogP contribution in [0.15, 0.2) is 42.5 Å². The lowest BCUT2D eigenvalue weighted by Crippen LogP contribution is -2.14. The molecular formula is C16H17F2N. The first kappa shape index (κ1) is 13.7. The number of nitrogens with one attached hydrogen (secondary N) is 1. The smallest absolute Gasteiger partial charge is 0.159 e. The highest BCUT2D eigenvalue weighted by Crippen LogP contribution is 2.25. The van der Waals surface area contributed by atoms with Crippen molar-refractivity contribution < 1.29 is 8.78 Å². The summed E-state index contributed by atoms with van der Waals surface area (Å²) in [5, 5.41) is 3.32. The van der Waals surface area contributed by atoms with Crippen molar-refractivity contribution >= 4 is 0 Å². The van der Waals surface area contributed by atoms with Crippen LogP contribution in [0.25, 0.3) is 11.1 Å². The predicted molar refractivity (Wildman–Crippen MR) is 73.8 cm³/mol. The zero-order chi connectivity index (χ0) is 13.7. The topological polar surface area (TPSA) is 12.0 Å². The van der Waals surface area contributed by atoms with Gasteiger partial charge >= 0.3 is 0 Å². The minimum atomic E-state index is -0.815. The fourth-order valence-corrected chi connectivity index (χ4v) is 2.02. The van der Waals surface area contributed by atoms with Gasteiger partial charge in [0.05, 0.1) is 0 Å². The van der Waals surface area contributed by atoms with Crippen LogP contribution in [0.3, 0.4) is 0 Å². The van der Waals surface area contributed by atoms with Gasteiger partial charge in [0.25, 0.3) is 0 Å². The van der Waals surface area contributed by atoms with E-state index in [2.05, 4.69) is 12.2 Å². The third kappa shape index (κ3) is 3.38. The Morgan fingerprint density at radius 3 is 2.53 bits per heavy atom. The molecule has 0 heterocycles. The van der Waals surface area contributed by atoms with Crippen molar-refractivity contribution in [1.82, 2.24) is 5.32 Å². The van der Waals surface area contributed by atoms with Crippen LogP contribution < -0.4 is 5.32 Å². The Balaban J connectivity index is 2.30. The number of hydrogen-bond donors (Lipinski definition) is 1. The van der Waals surface area contributed by atoms with E-state index in [0.29, 0.717) is 5.56 Å². The molecule has 0 unspecified atom stereocenters. The van der Waals surface area contributed by atoms with Gasteiger partial charge in [-0.3, -0.25) is 0 Å². The van der Waals surface area contributed by atoms with E-state index >= 15 is 0 Å². The highest BCUT2D eigenvalue weighted by atomic mass is 19.2. The van der Waals surface area contributed by atoms with E-state index in [0.717, 1.165) is 30.6 Å². The quantitative estimate of drug-likeness (QED) is 0.798. The monoisotopic (exact) mass is 261 g/mol. The average molecular weight is 261 g/mol. The first-order chi connectivity index (χ1) is 9.22. The minimum Gasteiger partial charge on any atom is -0.313 e. The van der Waals surface area contributed by atoms with E-state index in [1.807, 2.05) is 24.3 Å². The third-order valence-corrected chi connectivity index (χ3v) is 2.99. The summed E-state index contributed by atoms with van der Waals surface area (Å²) in [6, 6.07) is 11.8. The van der Waals surface area contributed by atoms with Crippen LogP contribution in [0.2, 0.25) is 0 Å². The highest BCUT2D eigenvalue weighted by Gasteiger charge is 2.07. The maximum atomic E-state index is 13.3. The lowest BCUT2D eigenvalue weighted by atomic mass is 9.99. The van der Waals surface area contributed by atoms with Crippen molar-refractivity contribution in [3.05, 3.63) is 59.7 Å². The molecule has 0 aliphatic carbocycles. The summed E-state index contributed by atoms with van der Waals surface area (Å²) >= 11 is 0. The lowest BCUT2D eigenvalue weighted by Gasteiger charge is -2.10. The van der Waals surface area contributed by atoms with Gasteiger partial charge in [0, 0.05) is 6.54 Å². The van der Waals surface area contributed by atoms with Gasteiger partial charge < -0.3 is 5.32 Å². The van der Waals surface area contributed by atoms with Gasteiger partial charge in [-0.2, -0.15) is 0 Å². The van der Waals surface area contributed by atoms with E-state index in [1.165, 1.54) is 12.1 Å². The average Bonchev–Trinajstić information content (AvgIpc) is 2.43. The van der Waals surface area contributed by atoms with Gasteiger partial charge in [-0.1, -0.05) is 37.3 Å². The molecule has 0 saturated heterocycles. The van der Waals surface area contributed by atoms with Crippen LogP contribution in [0.5, 0.6) is 0 Å². The Hall–Kier alpha value is -1.74. The van der Waals surface area contributed by atoms with Gasteiger partial charge in [-0.25, -0.2) is 8.78 Å². The van der Waals surface area contributed by atoms with E-state index < -0.39 is 11.6 Å². The Morgan fingerprint density at radius 1 is 1.00 bits per heavy atom. The molecule has 0 radical (unpaired) electrons. The number of hydrogen-bond acceptors (Lipinski definition) is 1. The molecule has 1 nitrogen and oxygen atoms in total. The second-order valence-corrected chi connectivity index (χ2v) is 4.46. The molecule has 2 aromatic rings. The molecule has 0 saturated carbocycles. The summed E-state index contributed by atoms with van der Waals surface area (Å²) in [4.78, 5) is 0. The normalized spacial score (nSPS) is 10.7. The fourth-order valence-electron chi connectivity index (χ4n) is 2.02. The Morgan fingerprint density at radius 2 is 1.79 bits per heavy atom. The molecule has 0 aliphatic heterocycles. The zero-order valence-corrected chi connectivity index (χ0v) is 10.9. The summed E-state index contributed by atoms with van der Waals surface area (Å²) in [5.41, 5.74) is 2.72. The van der Waals surface area contributed by atoms with Gasteiger partial charge in [0.15, 0.2) is 11.6 Å². The van der Waals surface area contributed by atoms with E-state index in [1.54, 1.807) is 6.07 Å². The number of halogens is 2. The Labute approximate surface area is 112 Å². The van der Waals surface area contributed by atoms with Gasteiger partial charge in [0.1, 0.15) is 0 Å². The molecule has 2 rings (SSSR count). The standard InChI is InChI=1S/C16H17F2N/c1-2-9-19-11-13-5-3-4-6-14(13)12-7-8-15(17)16(18)10-12/h3-8,10,19H,2,9,11H2,1H3. The molecule has 0 aliphatic rings. The van der Waals surface area contributed by atoms with Crippen molar-refractivity contribution in [3.8, 4) is 11.1 Å². The van der Waals surface area contributed by atoms with Crippen molar-refractivity contribution in [2.24, 2.45) is 0 Å². The highest BCUT2D eigenvalue weighted by molar-refractivity contribution is 5.67. The molecule has 0 spiro atoms. The van der Waals surface area contributed by atoms with Crippen LogP contribution in [0, 0.1) is 11.6 Å². The van der Waals surface area contributed by atoms with Crippen LogP contribution in [0.4, 0.5) is 8.78 Å². The van der Waals surface area contributed by atoms with E-state index in [9.17, 15) is 8.78 Å². The lowest BCUT2D eigenvalue weighted by molar-refractivity contribution is 0.509. The zero-order valence-electron chi connectivity index (χ0n) is 10.9. The van der Waals surface area contributed by atoms with E-state index in [4.69, 9.17) is 0 Å². The van der Waals surface area contributed by atoms with Crippen molar-refractivity contribution in [3.63, 3.8) is 0 Å². The van der Waals surface area contributed by atoms with Gasteiger partial charge in [0.2, 0.25) is 0 Å². The Kier molecular flexibility index (Phi) is 4.63. The molecule has 3 heteroatoms. The van der Waals surface area contributed by atoms with Gasteiger partial charge in [-0.05, 0) is 41.8 Å². The Bertz CT molecular complexity index is 552. The summed E-state index contributed by atoms with van der Waals surface area (Å²) < 4.78 is 26.3. The first-order valence-corrected chi connectivity index (χ1v) is 6.46. The van der Waals surface area contributed by atoms with Crippen molar-refractivity contribution in [2.75, 3.05) is 6.54 Å². The first-order valence-electron chi connectivity index (χ1n) is 6.46. The second-order valence-electron chi connectivity index (χ2n) is 4.46. The third-order valence-electron chi connectivity index (χ3n) is 2.99. The summed E-state index contributed by atoms with van der Waals surface area (Å²) in [6.45, 7) is 3.77. The molecule has 2 aromatic carbocycles. The maximum Gasteiger partial charge on any atom is 0.159 e. The van der Waals surface area contributed by atoms with Crippen LogP contribution in [0.1, 0.15) is 18.9 Å². The van der Waals surface area contributed by atoms with Crippen LogP contribution in [-0.2, 0) is 6.54 Å². The molecule has 1 N–H and O–H groups in total. The molecule has 0 amide bonds. The minimum absolute atomic E-state index is 0.702. The molecule has 100 valence electrons. The molecule has 0 atom stereocenters. The van der Waals surface area contributed by atoms with Gasteiger partial charge in [-0.15, -0.1) is 0 Å². The summed E-state index contributed by atoms with van der Waals surface area (Å²) in [7, 11) is 0. The molecule has 0 aromatic heterocycles. The number of benzene rings is 2. The van der Waals surface area contributed by atoms with Crippen LogP contribution >= 0.6 is 0 Å². The van der Waals surface area contributed by atoms with E-state index in [-0.39, 0.29) is 0 Å².